The van der Waals surface area contributed by atoms with Gasteiger partial charge in [0.05, 0.1) is 0 Å². The Morgan fingerprint density at radius 3 is 2.26 bits per heavy atom. The lowest BCUT2D eigenvalue weighted by Gasteiger charge is -2.35. The van der Waals surface area contributed by atoms with Gasteiger partial charge in [0.15, 0.2) is 0 Å². The van der Waals surface area contributed by atoms with E-state index in [4.69, 9.17) is 4.74 Å². The molecule has 0 aromatic heterocycles. The molecule has 134 valence electrons. The van der Waals surface area contributed by atoms with Gasteiger partial charge in [-0.2, -0.15) is 0 Å². The second kappa shape index (κ2) is 7.87. The molecule has 0 aromatic rings. The fraction of sp³-hybridized carbons (Fsp3) is 0.947. The van der Waals surface area contributed by atoms with Crippen LogP contribution in [0.5, 0.6) is 0 Å². The summed E-state index contributed by atoms with van der Waals surface area (Å²) in [6.45, 7) is 12.3. The second-order valence-corrected chi connectivity index (χ2v) is 8.62. The Bertz CT molecular complexity index is 377. The summed E-state index contributed by atoms with van der Waals surface area (Å²) in [5.41, 5.74) is -0.407. The molecule has 0 heterocycles. The molecule has 2 fully saturated rings. The molecular weight excluding hydrogens is 288 g/mol. The van der Waals surface area contributed by atoms with E-state index in [9.17, 15) is 4.79 Å². The van der Waals surface area contributed by atoms with Crippen molar-refractivity contribution in [3.63, 3.8) is 0 Å². The molecule has 1 N–H and O–H groups in total. The molecule has 23 heavy (non-hydrogen) atoms. The normalized spacial score (nSPS) is 28.5. The van der Waals surface area contributed by atoms with E-state index in [0.29, 0.717) is 12.1 Å². The predicted octanol–water partition coefficient (Wildman–Crippen LogP) is 4.19. The highest BCUT2D eigenvalue weighted by Crippen LogP contribution is 2.30. The Morgan fingerprint density at radius 2 is 1.74 bits per heavy atom. The molecular formula is C19H36N2O2. The summed E-state index contributed by atoms with van der Waals surface area (Å²) in [5.74, 6) is 1.54. The third-order valence-corrected chi connectivity index (χ3v) is 5.12. The van der Waals surface area contributed by atoms with Crippen molar-refractivity contribution >= 4 is 6.09 Å². The minimum atomic E-state index is -0.407. The monoisotopic (exact) mass is 324 g/mol. The molecule has 0 bridgehead atoms. The van der Waals surface area contributed by atoms with E-state index < -0.39 is 5.60 Å². The number of hydrogen-bond acceptors (Lipinski definition) is 3. The van der Waals surface area contributed by atoms with E-state index in [1.165, 1.54) is 19.3 Å². The lowest BCUT2D eigenvalue weighted by Crippen LogP contribution is -2.44. The molecule has 2 rings (SSSR count). The smallest absolute Gasteiger partial charge is 0.410 e. The van der Waals surface area contributed by atoms with Crippen LogP contribution in [0.25, 0.3) is 0 Å². The molecule has 1 amide bonds. The minimum Gasteiger partial charge on any atom is -0.444 e. The molecule has 2 saturated carbocycles. The van der Waals surface area contributed by atoms with Gasteiger partial charge in [0.25, 0.3) is 0 Å². The van der Waals surface area contributed by atoms with Crippen LogP contribution < -0.4 is 5.32 Å². The van der Waals surface area contributed by atoms with Gasteiger partial charge in [-0.05, 0) is 71.3 Å². The number of nitrogens with zero attached hydrogens (tertiary/aromatic N) is 1. The van der Waals surface area contributed by atoms with Crippen LogP contribution >= 0.6 is 0 Å². The van der Waals surface area contributed by atoms with Gasteiger partial charge < -0.3 is 15.0 Å². The highest BCUT2D eigenvalue weighted by atomic mass is 16.6. The van der Waals surface area contributed by atoms with Crippen molar-refractivity contribution in [3.05, 3.63) is 0 Å². The average molecular weight is 325 g/mol. The average Bonchev–Trinajstić information content (AvgIpc) is 3.23. The number of carbonyl (C=O) groups excluding carboxylic acids is 1. The molecule has 2 aliphatic carbocycles. The third kappa shape index (κ3) is 5.98. The fourth-order valence-corrected chi connectivity index (χ4v) is 3.73. The van der Waals surface area contributed by atoms with E-state index in [2.05, 4.69) is 19.2 Å². The lowest BCUT2D eigenvalue weighted by atomic mass is 9.79. The summed E-state index contributed by atoms with van der Waals surface area (Å²) in [4.78, 5) is 14.3. The first-order chi connectivity index (χ1) is 10.8. The van der Waals surface area contributed by atoms with E-state index in [1.807, 2.05) is 25.7 Å². The van der Waals surface area contributed by atoms with Crippen LogP contribution in [0.1, 0.15) is 73.1 Å². The lowest BCUT2D eigenvalue weighted by molar-refractivity contribution is 0.0231. The van der Waals surface area contributed by atoms with Gasteiger partial charge >= 0.3 is 6.09 Å². The van der Waals surface area contributed by atoms with Crippen molar-refractivity contribution < 1.29 is 9.53 Å². The first-order valence-electron chi connectivity index (χ1n) is 9.51. The summed E-state index contributed by atoms with van der Waals surface area (Å²) in [5, 5.41) is 3.74. The standard InChI is InChI=1S/C19H36N2O2/c1-14-8-6-9-15(2)17(14)20-12-7-13-21(16-10-11-16)18(22)23-19(3,4)5/h14-17,20H,6-13H2,1-5H3. The molecule has 0 radical (unpaired) electrons. The van der Waals surface area contributed by atoms with Crippen LogP contribution in [0, 0.1) is 11.8 Å². The topological polar surface area (TPSA) is 41.6 Å². The van der Waals surface area contributed by atoms with Gasteiger partial charge in [-0.25, -0.2) is 4.79 Å². The van der Waals surface area contributed by atoms with Crippen LogP contribution in [0.3, 0.4) is 0 Å². The molecule has 2 unspecified atom stereocenters. The number of amides is 1. The molecule has 4 nitrogen and oxygen atoms in total. The predicted molar refractivity (Wildman–Crippen MR) is 94.5 cm³/mol. The van der Waals surface area contributed by atoms with E-state index in [0.717, 1.165) is 44.2 Å². The first kappa shape index (κ1) is 18.6. The summed E-state index contributed by atoms with van der Waals surface area (Å²) >= 11 is 0. The molecule has 0 aromatic carbocycles. The Labute approximate surface area is 142 Å². The van der Waals surface area contributed by atoms with Gasteiger partial charge in [0.2, 0.25) is 0 Å². The van der Waals surface area contributed by atoms with Crippen molar-refractivity contribution in [2.75, 3.05) is 13.1 Å². The van der Waals surface area contributed by atoms with Crippen molar-refractivity contribution in [1.29, 1.82) is 0 Å². The quantitative estimate of drug-likeness (QED) is 0.745. The minimum absolute atomic E-state index is 0.139. The Kier molecular flexibility index (Phi) is 6.35. The van der Waals surface area contributed by atoms with Crippen LogP contribution in [0.4, 0.5) is 4.79 Å². The van der Waals surface area contributed by atoms with Gasteiger partial charge in [-0.3, -0.25) is 0 Å². The molecule has 4 heteroatoms. The molecule has 2 atom stereocenters. The van der Waals surface area contributed by atoms with E-state index in [-0.39, 0.29) is 6.09 Å². The molecule has 0 aliphatic heterocycles. The van der Waals surface area contributed by atoms with Gasteiger partial charge in [-0.1, -0.05) is 20.3 Å². The van der Waals surface area contributed by atoms with Crippen LogP contribution in [0.15, 0.2) is 0 Å². The largest absolute Gasteiger partial charge is 0.444 e. The van der Waals surface area contributed by atoms with E-state index >= 15 is 0 Å². The highest BCUT2D eigenvalue weighted by Gasteiger charge is 2.35. The zero-order chi connectivity index (χ0) is 17.0. The summed E-state index contributed by atoms with van der Waals surface area (Å²) in [6.07, 6.45) is 7.18. The molecule has 0 saturated heterocycles. The number of nitrogens with one attached hydrogen (secondary N) is 1. The van der Waals surface area contributed by atoms with E-state index in [1.54, 1.807) is 0 Å². The Balaban J connectivity index is 1.73. The van der Waals surface area contributed by atoms with Gasteiger partial charge in [0, 0.05) is 18.6 Å². The van der Waals surface area contributed by atoms with Crippen molar-refractivity contribution in [3.8, 4) is 0 Å². The summed E-state index contributed by atoms with van der Waals surface area (Å²) in [6, 6.07) is 1.05. The van der Waals surface area contributed by atoms with Crippen LogP contribution in [-0.2, 0) is 4.74 Å². The van der Waals surface area contributed by atoms with Crippen LogP contribution in [-0.4, -0.2) is 41.8 Å². The second-order valence-electron chi connectivity index (χ2n) is 8.62. The third-order valence-electron chi connectivity index (χ3n) is 5.12. The highest BCUT2D eigenvalue weighted by molar-refractivity contribution is 5.69. The van der Waals surface area contributed by atoms with Crippen molar-refractivity contribution in [1.82, 2.24) is 10.2 Å². The number of rotatable bonds is 6. The summed E-state index contributed by atoms with van der Waals surface area (Å²) < 4.78 is 5.55. The summed E-state index contributed by atoms with van der Waals surface area (Å²) in [7, 11) is 0. The number of hydrogen-bond donors (Lipinski definition) is 1. The van der Waals surface area contributed by atoms with Crippen LogP contribution in [0.2, 0.25) is 0 Å². The zero-order valence-electron chi connectivity index (χ0n) is 15.7. The molecule has 0 spiro atoms. The molecule has 2 aliphatic rings. The SMILES string of the molecule is CC1CCCC(C)C1NCCCN(C(=O)OC(C)(C)C)C1CC1. The van der Waals surface area contributed by atoms with Gasteiger partial charge in [0.1, 0.15) is 5.60 Å². The maximum Gasteiger partial charge on any atom is 0.410 e. The zero-order valence-corrected chi connectivity index (χ0v) is 15.7. The van der Waals surface area contributed by atoms with Crippen molar-refractivity contribution in [2.24, 2.45) is 11.8 Å². The maximum absolute atomic E-state index is 12.3. The Hall–Kier alpha value is -0.770. The number of ether oxygens (including phenoxy) is 1. The van der Waals surface area contributed by atoms with Gasteiger partial charge in [-0.15, -0.1) is 0 Å². The maximum atomic E-state index is 12.3. The first-order valence-corrected chi connectivity index (χ1v) is 9.51. The van der Waals surface area contributed by atoms with Crippen molar-refractivity contribution in [2.45, 2.75) is 90.8 Å². The fourth-order valence-electron chi connectivity index (χ4n) is 3.73. The Morgan fingerprint density at radius 1 is 1.13 bits per heavy atom. The number of carbonyl (C=O) groups is 1.